The van der Waals surface area contributed by atoms with Crippen molar-refractivity contribution in [3.8, 4) is 0 Å². The maximum absolute atomic E-state index is 12.9. The quantitative estimate of drug-likeness (QED) is 0.794. The molecule has 2 aliphatic heterocycles. The van der Waals surface area contributed by atoms with Crippen molar-refractivity contribution >= 4 is 28.0 Å². The molecule has 0 aromatic heterocycles. The highest BCUT2D eigenvalue weighted by Crippen LogP contribution is 2.42. The molecule has 0 atom stereocenters. The van der Waals surface area contributed by atoms with Gasteiger partial charge in [0.25, 0.3) is 0 Å². The van der Waals surface area contributed by atoms with Gasteiger partial charge in [-0.3, -0.25) is 4.79 Å². The number of fused-ring (bicyclic) bond motifs is 1. The molecule has 0 amide bonds. The zero-order valence-corrected chi connectivity index (χ0v) is 12.9. The third kappa shape index (κ3) is 2.08. The van der Waals surface area contributed by atoms with E-state index in [4.69, 9.17) is 0 Å². The van der Waals surface area contributed by atoms with E-state index in [-0.39, 0.29) is 29.5 Å². The largest absolute Gasteiger partial charge is 0.317 e. The number of halogens is 1. The van der Waals surface area contributed by atoms with Crippen LogP contribution in [0.25, 0.3) is 0 Å². The summed E-state index contributed by atoms with van der Waals surface area (Å²) in [4.78, 5) is 12.5. The average Bonchev–Trinajstić information content (AvgIpc) is 2.38. The van der Waals surface area contributed by atoms with Crippen LogP contribution in [-0.4, -0.2) is 32.0 Å². The Morgan fingerprint density at radius 3 is 2.50 bits per heavy atom. The molecule has 2 heterocycles. The van der Waals surface area contributed by atoms with Crippen LogP contribution in [0, 0.1) is 6.92 Å². The Bertz CT molecular complexity index is 648. The molecule has 3 rings (SSSR count). The molecule has 1 fully saturated rings. The van der Waals surface area contributed by atoms with Gasteiger partial charge in [-0.05, 0) is 45.0 Å². The van der Waals surface area contributed by atoms with Gasteiger partial charge in [0.1, 0.15) is 0 Å². The second-order valence-corrected chi connectivity index (χ2v) is 7.85. The molecule has 1 saturated heterocycles. The fourth-order valence-corrected chi connectivity index (χ4v) is 5.38. The number of rotatable bonds is 0. The van der Waals surface area contributed by atoms with E-state index in [9.17, 15) is 13.2 Å². The normalized spacial score (nSPS) is 22.9. The minimum atomic E-state index is -3.42. The summed E-state index contributed by atoms with van der Waals surface area (Å²) in [5, 5.41) is 3.17. The lowest BCUT2D eigenvalue weighted by Gasteiger charge is -2.39. The van der Waals surface area contributed by atoms with Crippen LogP contribution in [-0.2, 0) is 9.84 Å². The van der Waals surface area contributed by atoms with Crippen LogP contribution in [0.3, 0.4) is 0 Å². The second-order valence-electron chi connectivity index (χ2n) is 5.54. The molecule has 20 heavy (non-hydrogen) atoms. The van der Waals surface area contributed by atoms with E-state index in [1.165, 1.54) is 0 Å². The first-order valence-corrected chi connectivity index (χ1v) is 8.04. The number of carbonyl (C=O) groups excluding carboxylic acids is 1. The first-order valence-electron chi connectivity index (χ1n) is 6.56. The van der Waals surface area contributed by atoms with Gasteiger partial charge >= 0.3 is 0 Å². The molecule has 0 unspecified atom stereocenters. The summed E-state index contributed by atoms with van der Waals surface area (Å²) in [6.07, 6.45) is 1.18. The standard InChI is InChI=1S/C14H17NO3S.ClH/c1-10-2-3-13-11(8-10)12(16)9-14(19(13,17)18)4-6-15-7-5-14;/h2-3,8,15H,4-7,9H2,1H3;1H. The molecule has 0 aliphatic carbocycles. The van der Waals surface area contributed by atoms with Gasteiger partial charge in [-0.2, -0.15) is 0 Å². The molecule has 6 heteroatoms. The summed E-state index contributed by atoms with van der Waals surface area (Å²) in [5.74, 6) is -0.0320. The Morgan fingerprint density at radius 1 is 1.20 bits per heavy atom. The lowest BCUT2D eigenvalue weighted by molar-refractivity contribution is 0.0950. The van der Waals surface area contributed by atoms with Gasteiger partial charge in [0.2, 0.25) is 0 Å². The van der Waals surface area contributed by atoms with Crippen molar-refractivity contribution in [1.29, 1.82) is 0 Å². The number of nitrogens with one attached hydrogen (secondary N) is 1. The smallest absolute Gasteiger partial charge is 0.185 e. The number of hydrogen-bond donors (Lipinski definition) is 1. The number of carbonyl (C=O) groups is 1. The Hall–Kier alpha value is -0.910. The second kappa shape index (κ2) is 5.13. The zero-order chi connectivity index (χ0) is 13.7. The van der Waals surface area contributed by atoms with Crippen LogP contribution in [0.1, 0.15) is 35.2 Å². The molecule has 1 spiro atoms. The third-order valence-corrected chi connectivity index (χ3v) is 6.92. The highest BCUT2D eigenvalue weighted by molar-refractivity contribution is 7.93. The van der Waals surface area contributed by atoms with Crippen LogP contribution < -0.4 is 5.32 Å². The van der Waals surface area contributed by atoms with E-state index in [0.29, 0.717) is 31.5 Å². The number of hydrogen-bond acceptors (Lipinski definition) is 4. The lowest BCUT2D eigenvalue weighted by atomic mass is 9.88. The SMILES string of the molecule is Cc1ccc2c(c1)C(=O)CC1(CCNCC1)S2(=O)=O.Cl. The van der Waals surface area contributed by atoms with Gasteiger partial charge in [-0.25, -0.2) is 8.42 Å². The number of Topliss-reactive ketones (excluding diaryl/α,β-unsaturated/α-hetero) is 1. The number of aryl methyl sites for hydroxylation is 1. The van der Waals surface area contributed by atoms with E-state index < -0.39 is 14.6 Å². The number of sulfone groups is 1. The first kappa shape index (κ1) is 15.5. The predicted octanol–water partition coefficient (Wildman–Crippen LogP) is 1.90. The maximum Gasteiger partial charge on any atom is 0.185 e. The van der Waals surface area contributed by atoms with E-state index >= 15 is 0 Å². The van der Waals surface area contributed by atoms with Crippen LogP contribution >= 0.6 is 12.4 Å². The van der Waals surface area contributed by atoms with E-state index in [1.807, 2.05) is 6.92 Å². The average molecular weight is 316 g/mol. The molecule has 2 aliphatic rings. The molecule has 1 N–H and O–H groups in total. The molecular formula is C14H18ClNO3S. The summed E-state index contributed by atoms with van der Waals surface area (Å²) >= 11 is 0. The molecule has 110 valence electrons. The Kier molecular flexibility index (Phi) is 3.97. The predicted molar refractivity (Wildman–Crippen MR) is 79.4 cm³/mol. The van der Waals surface area contributed by atoms with Crippen LogP contribution in [0.2, 0.25) is 0 Å². The topological polar surface area (TPSA) is 63.2 Å². The molecule has 4 nitrogen and oxygen atoms in total. The van der Waals surface area contributed by atoms with Crippen LogP contribution in [0.5, 0.6) is 0 Å². The Balaban J connectivity index is 0.00000147. The maximum atomic E-state index is 12.9. The minimum absolute atomic E-state index is 0. The number of piperidine rings is 1. The lowest BCUT2D eigenvalue weighted by Crippen LogP contribution is -2.51. The van der Waals surface area contributed by atoms with Gasteiger partial charge in [-0.1, -0.05) is 11.6 Å². The highest BCUT2D eigenvalue weighted by Gasteiger charge is 2.51. The first-order chi connectivity index (χ1) is 8.96. The zero-order valence-electron chi connectivity index (χ0n) is 11.3. The van der Waals surface area contributed by atoms with Crippen molar-refractivity contribution in [2.24, 2.45) is 0 Å². The Morgan fingerprint density at radius 2 is 1.85 bits per heavy atom. The van der Waals surface area contributed by atoms with Gasteiger partial charge < -0.3 is 5.32 Å². The van der Waals surface area contributed by atoms with Crippen molar-refractivity contribution in [1.82, 2.24) is 5.32 Å². The van der Waals surface area contributed by atoms with Crippen LogP contribution in [0.4, 0.5) is 0 Å². The molecular weight excluding hydrogens is 298 g/mol. The summed E-state index contributed by atoms with van der Waals surface area (Å²) < 4.78 is 24.8. The summed E-state index contributed by atoms with van der Waals surface area (Å²) in [6, 6.07) is 5.06. The van der Waals surface area contributed by atoms with Gasteiger partial charge in [0.15, 0.2) is 15.6 Å². The summed E-state index contributed by atoms with van der Waals surface area (Å²) in [5.41, 5.74) is 1.30. The van der Waals surface area contributed by atoms with Crippen molar-refractivity contribution in [3.63, 3.8) is 0 Å². The van der Waals surface area contributed by atoms with Crippen LogP contribution in [0.15, 0.2) is 23.1 Å². The third-order valence-electron chi connectivity index (χ3n) is 4.29. The van der Waals surface area contributed by atoms with E-state index in [0.717, 1.165) is 5.56 Å². The fourth-order valence-electron chi connectivity index (χ4n) is 3.14. The number of benzene rings is 1. The fraction of sp³-hybridized carbons (Fsp3) is 0.500. The van der Waals surface area contributed by atoms with Gasteiger partial charge in [-0.15, -0.1) is 12.4 Å². The monoisotopic (exact) mass is 315 g/mol. The van der Waals surface area contributed by atoms with Crippen molar-refractivity contribution in [2.45, 2.75) is 35.8 Å². The molecule has 1 aromatic carbocycles. The number of ketones is 1. The van der Waals surface area contributed by atoms with Crippen molar-refractivity contribution in [3.05, 3.63) is 29.3 Å². The van der Waals surface area contributed by atoms with Crippen molar-refractivity contribution < 1.29 is 13.2 Å². The van der Waals surface area contributed by atoms with Gasteiger partial charge in [0.05, 0.1) is 9.64 Å². The molecule has 0 saturated carbocycles. The molecule has 1 aromatic rings. The van der Waals surface area contributed by atoms with E-state index in [1.54, 1.807) is 18.2 Å². The summed E-state index contributed by atoms with van der Waals surface area (Å²) in [6.45, 7) is 3.19. The van der Waals surface area contributed by atoms with Gasteiger partial charge in [0, 0.05) is 12.0 Å². The molecule has 0 bridgehead atoms. The summed E-state index contributed by atoms with van der Waals surface area (Å²) in [7, 11) is -3.42. The van der Waals surface area contributed by atoms with Crippen molar-refractivity contribution in [2.75, 3.05) is 13.1 Å². The minimum Gasteiger partial charge on any atom is -0.317 e. The highest BCUT2D eigenvalue weighted by atomic mass is 35.5. The molecule has 0 radical (unpaired) electrons. The Labute approximate surface area is 125 Å². The van der Waals surface area contributed by atoms with E-state index in [2.05, 4.69) is 5.32 Å².